The lowest BCUT2D eigenvalue weighted by molar-refractivity contribution is -0.143. The lowest BCUT2D eigenvalue weighted by Crippen LogP contribution is -2.60. The highest BCUT2D eigenvalue weighted by Gasteiger charge is 2.32. The van der Waals surface area contributed by atoms with Crippen molar-refractivity contribution in [3.05, 3.63) is 65.7 Å². The first-order valence-electron chi connectivity index (χ1n) is 12.4. The highest BCUT2D eigenvalue weighted by atomic mass is 32.2. The Labute approximate surface area is 231 Å². The molecule has 0 saturated carbocycles. The first-order valence-corrected chi connectivity index (χ1v) is 13.8. The first kappa shape index (κ1) is 31.6. The van der Waals surface area contributed by atoms with Gasteiger partial charge in [-0.05, 0) is 55.0 Å². The van der Waals surface area contributed by atoms with Crippen LogP contribution < -0.4 is 21.7 Å². The molecule has 2 aromatic carbocycles. The summed E-state index contributed by atoms with van der Waals surface area (Å²) in [6.45, 7) is 1.28. The number of aliphatic hydroxyl groups is 1. The van der Waals surface area contributed by atoms with E-state index in [9.17, 15) is 34.5 Å². The van der Waals surface area contributed by atoms with Crippen molar-refractivity contribution in [1.82, 2.24) is 16.0 Å². The van der Waals surface area contributed by atoms with Gasteiger partial charge in [-0.3, -0.25) is 14.4 Å². The zero-order chi connectivity index (χ0) is 28.9. The van der Waals surface area contributed by atoms with Crippen LogP contribution in [0.25, 0.3) is 0 Å². The van der Waals surface area contributed by atoms with E-state index in [2.05, 4.69) is 16.0 Å². The molecule has 0 bridgehead atoms. The van der Waals surface area contributed by atoms with Crippen LogP contribution in [0.4, 0.5) is 0 Å². The molecule has 2 aromatic rings. The van der Waals surface area contributed by atoms with Gasteiger partial charge in [0.1, 0.15) is 23.9 Å². The van der Waals surface area contributed by atoms with E-state index in [1.807, 2.05) is 36.6 Å². The molecule has 3 amide bonds. The summed E-state index contributed by atoms with van der Waals surface area (Å²) < 4.78 is 0. The number of carbonyl (C=O) groups excluding carboxylic acids is 3. The fraction of sp³-hybridized carbons (Fsp3) is 0.407. The average Bonchev–Trinajstić information content (AvgIpc) is 2.90. The minimum absolute atomic E-state index is 0.00989. The van der Waals surface area contributed by atoms with Crippen molar-refractivity contribution in [2.45, 2.75) is 56.5 Å². The van der Waals surface area contributed by atoms with E-state index in [1.165, 1.54) is 43.0 Å². The van der Waals surface area contributed by atoms with E-state index >= 15 is 0 Å². The molecule has 0 spiro atoms. The smallest absolute Gasteiger partial charge is 0.326 e. The molecule has 0 aliphatic rings. The minimum atomic E-state index is -1.48. The largest absolute Gasteiger partial charge is 0.508 e. The SMILES string of the molecule is CSCCC(NC(=O)C(N)Cc1ccccc1)C(=O)NC(C(=O)NC(Cc1ccc(O)cc1)C(=O)O)C(C)O. The summed E-state index contributed by atoms with van der Waals surface area (Å²) in [5.41, 5.74) is 7.46. The van der Waals surface area contributed by atoms with Crippen molar-refractivity contribution in [3.63, 3.8) is 0 Å². The number of nitrogens with one attached hydrogen (secondary N) is 3. The summed E-state index contributed by atoms with van der Waals surface area (Å²) >= 11 is 1.46. The van der Waals surface area contributed by atoms with Crippen molar-refractivity contribution in [2.24, 2.45) is 5.73 Å². The molecule has 0 aliphatic heterocycles. The van der Waals surface area contributed by atoms with Crippen LogP contribution in [0, 0.1) is 0 Å². The average molecular weight is 561 g/mol. The standard InChI is InChI=1S/C27H36N4O7S/c1-16(32)23(26(36)30-22(27(37)38)15-18-8-10-19(33)11-9-18)31-25(35)21(12-13-39-2)29-24(34)20(28)14-17-6-4-3-5-7-17/h3-11,16,20-23,32-33H,12-15,28H2,1-2H3,(H,29,34)(H,30,36)(H,31,35)(H,37,38). The van der Waals surface area contributed by atoms with Gasteiger partial charge in [0, 0.05) is 6.42 Å². The van der Waals surface area contributed by atoms with Gasteiger partial charge < -0.3 is 37.0 Å². The van der Waals surface area contributed by atoms with Crippen molar-refractivity contribution in [2.75, 3.05) is 12.0 Å². The third-order valence-corrected chi connectivity index (χ3v) is 6.58. The molecule has 5 atom stereocenters. The molecule has 0 aromatic heterocycles. The lowest BCUT2D eigenvalue weighted by atomic mass is 10.0. The second kappa shape index (κ2) is 15.7. The number of thioether (sulfide) groups is 1. The highest BCUT2D eigenvalue weighted by Crippen LogP contribution is 2.12. The molecule has 0 heterocycles. The lowest BCUT2D eigenvalue weighted by Gasteiger charge is -2.26. The van der Waals surface area contributed by atoms with Crippen LogP contribution in [0.15, 0.2) is 54.6 Å². The van der Waals surface area contributed by atoms with Gasteiger partial charge in [-0.1, -0.05) is 42.5 Å². The molecular formula is C27H36N4O7S. The van der Waals surface area contributed by atoms with Crippen molar-refractivity contribution in [1.29, 1.82) is 0 Å². The van der Waals surface area contributed by atoms with Gasteiger partial charge in [-0.2, -0.15) is 11.8 Å². The van der Waals surface area contributed by atoms with Gasteiger partial charge in [-0.25, -0.2) is 4.79 Å². The number of carboxylic acids is 1. The second-order valence-electron chi connectivity index (χ2n) is 9.14. The van der Waals surface area contributed by atoms with Gasteiger partial charge in [0.2, 0.25) is 17.7 Å². The Morgan fingerprint density at radius 1 is 0.846 bits per heavy atom. The zero-order valence-electron chi connectivity index (χ0n) is 21.9. The maximum atomic E-state index is 13.1. The normalized spacial score (nSPS) is 14.8. The summed E-state index contributed by atoms with van der Waals surface area (Å²) in [7, 11) is 0. The van der Waals surface area contributed by atoms with Crippen molar-refractivity contribution < 1.29 is 34.5 Å². The van der Waals surface area contributed by atoms with Crippen LogP contribution in [0.2, 0.25) is 0 Å². The van der Waals surface area contributed by atoms with Gasteiger partial charge in [0.05, 0.1) is 12.1 Å². The molecule has 0 saturated heterocycles. The van der Waals surface area contributed by atoms with Crippen molar-refractivity contribution in [3.8, 4) is 5.75 Å². The molecule has 8 N–H and O–H groups in total. The number of carbonyl (C=O) groups is 4. The number of aromatic hydroxyl groups is 1. The predicted molar refractivity (Wildman–Crippen MR) is 148 cm³/mol. The van der Waals surface area contributed by atoms with E-state index in [4.69, 9.17) is 5.73 Å². The van der Waals surface area contributed by atoms with E-state index in [1.54, 1.807) is 0 Å². The number of amides is 3. The molecule has 0 aliphatic carbocycles. The monoisotopic (exact) mass is 560 g/mol. The molecule has 0 fully saturated rings. The number of benzene rings is 2. The Morgan fingerprint density at radius 3 is 2.00 bits per heavy atom. The van der Waals surface area contributed by atoms with E-state index < -0.39 is 54.0 Å². The van der Waals surface area contributed by atoms with Crippen LogP contribution >= 0.6 is 11.8 Å². The minimum Gasteiger partial charge on any atom is -0.508 e. The first-order chi connectivity index (χ1) is 18.5. The third kappa shape index (κ3) is 10.6. The quantitative estimate of drug-likeness (QED) is 0.159. The van der Waals surface area contributed by atoms with Crippen LogP contribution in [-0.2, 0) is 32.0 Å². The Kier molecular flexibility index (Phi) is 12.7. The molecule has 11 nitrogen and oxygen atoms in total. The van der Waals surface area contributed by atoms with Crippen LogP contribution in [-0.4, -0.2) is 81.3 Å². The third-order valence-electron chi connectivity index (χ3n) is 5.93. The molecule has 2 rings (SSSR count). The van der Waals surface area contributed by atoms with Crippen LogP contribution in [0.1, 0.15) is 24.5 Å². The number of aliphatic hydroxyl groups excluding tert-OH is 1. The second-order valence-corrected chi connectivity index (χ2v) is 10.1. The Bertz CT molecular complexity index is 1100. The van der Waals surface area contributed by atoms with Gasteiger partial charge >= 0.3 is 5.97 Å². The molecular weight excluding hydrogens is 524 g/mol. The van der Waals surface area contributed by atoms with E-state index in [0.29, 0.717) is 11.3 Å². The summed E-state index contributed by atoms with van der Waals surface area (Å²) in [6, 6.07) is 10.2. The van der Waals surface area contributed by atoms with Gasteiger partial charge in [-0.15, -0.1) is 0 Å². The van der Waals surface area contributed by atoms with E-state index in [0.717, 1.165) is 5.56 Å². The predicted octanol–water partition coefficient (Wildman–Crippen LogP) is 0.178. The fourth-order valence-corrected chi connectivity index (χ4v) is 4.20. The van der Waals surface area contributed by atoms with Crippen LogP contribution in [0.3, 0.4) is 0 Å². The number of carboxylic acid groups (broad SMARTS) is 1. The van der Waals surface area contributed by atoms with Crippen molar-refractivity contribution >= 4 is 35.5 Å². The highest BCUT2D eigenvalue weighted by molar-refractivity contribution is 7.98. The topological polar surface area (TPSA) is 191 Å². The number of phenols is 1. The molecule has 39 heavy (non-hydrogen) atoms. The maximum absolute atomic E-state index is 13.1. The maximum Gasteiger partial charge on any atom is 0.326 e. The molecule has 0 radical (unpaired) electrons. The Balaban J connectivity index is 2.08. The Hall–Kier alpha value is -3.61. The van der Waals surface area contributed by atoms with Gasteiger partial charge in [0.15, 0.2) is 0 Å². The molecule has 12 heteroatoms. The molecule has 5 unspecified atom stereocenters. The fourth-order valence-electron chi connectivity index (χ4n) is 3.73. The number of phenolic OH excluding ortho intramolecular Hbond substituents is 1. The summed E-state index contributed by atoms with van der Waals surface area (Å²) in [4.78, 5) is 50.6. The number of hydrogen-bond donors (Lipinski definition) is 7. The summed E-state index contributed by atoms with van der Waals surface area (Å²) in [5, 5.41) is 36.7. The number of nitrogens with two attached hydrogens (primary N) is 1. The number of hydrogen-bond acceptors (Lipinski definition) is 8. The molecule has 212 valence electrons. The number of rotatable bonds is 15. The number of aliphatic carboxylic acids is 1. The van der Waals surface area contributed by atoms with E-state index in [-0.39, 0.29) is 25.0 Å². The Morgan fingerprint density at radius 2 is 1.44 bits per heavy atom. The van der Waals surface area contributed by atoms with Crippen LogP contribution in [0.5, 0.6) is 5.75 Å². The summed E-state index contributed by atoms with van der Waals surface area (Å²) in [5.74, 6) is -2.94. The summed E-state index contributed by atoms with van der Waals surface area (Å²) in [6.07, 6.45) is 0.885. The zero-order valence-corrected chi connectivity index (χ0v) is 22.7. The van der Waals surface area contributed by atoms with Gasteiger partial charge in [0.25, 0.3) is 0 Å².